The number of carbonyl (C=O) groups is 1. The van der Waals surface area contributed by atoms with Gasteiger partial charge in [-0.1, -0.05) is 36.4 Å². The van der Waals surface area contributed by atoms with Gasteiger partial charge in [-0.3, -0.25) is 20.5 Å². The molecule has 0 saturated heterocycles. The number of para-hydroxylation sites is 2. The van der Waals surface area contributed by atoms with Crippen LogP contribution in [-0.4, -0.2) is 30.0 Å². The standard InChI is InChI=1S/C17H20N10O3/c18-13(19)24-15(22)26(11-7-3-1-4-8-11)29-17(28)30-27(16(23)25-14(20)21)12-9-5-2-6-10-12/h1-10H,(H5,18,19,22,24)(H5,20,21,23,25). The van der Waals surface area contributed by atoms with Crippen molar-refractivity contribution in [2.45, 2.75) is 0 Å². The van der Waals surface area contributed by atoms with E-state index in [0.717, 1.165) is 10.1 Å². The molecule has 0 aliphatic heterocycles. The highest BCUT2D eigenvalue weighted by molar-refractivity contribution is 6.02. The molecule has 0 radical (unpaired) electrons. The summed E-state index contributed by atoms with van der Waals surface area (Å²) in [6.07, 6.45) is -1.33. The molecule has 2 aromatic rings. The molecule has 13 heteroatoms. The normalized spacial score (nSPS) is 9.60. The average molecular weight is 412 g/mol. The number of guanidine groups is 4. The lowest BCUT2D eigenvalue weighted by Crippen LogP contribution is -2.39. The molecule has 0 heterocycles. The summed E-state index contributed by atoms with van der Waals surface area (Å²) in [5, 5.41) is 17.4. The van der Waals surface area contributed by atoms with Crippen LogP contribution in [-0.2, 0) is 9.68 Å². The van der Waals surface area contributed by atoms with Crippen molar-refractivity contribution in [3.8, 4) is 0 Å². The smallest absolute Gasteiger partial charge is 0.370 e. The molecule has 30 heavy (non-hydrogen) atoms. The number of benzene rings is 2. The first kappa shape index (κ1) is 21.5. The second-order valence-electron chi connectivity index (χ2n) is 5.41. The molecule has 0 unspecified atom stereocenters. The molecule has 0 fully saturated rings. The van der Waals surface area contributed by atoms with Gasteiger partial charge in [0.05, 0.1) is 11.4 Å². The zero-order chi connectivity index (χ0) is 22.1. The second kappa shape index (κ2) is 9.93. The highest BCUT2D eigenvalue weighted by Gasteiger charge is 2.24. The van der Waals surface area contributed by atoms with Crippen molar-refractivity contribution in [3.05, 3.63) is 60.7 Å². The summed E-state index contributed by atoms with van der Waals surface area (Å²) >= 11 is 0. The summed E-state index contributed by atoms with van der Waals surface area (Å²) < 4.78 is 0. The van der Waals surface area contributed by atoms with Gasteiger partial charge >= 0.3 is 6.16 Å². The van der Waals surface area contributed by atoms with E-state index >= 15 is 0 Å². The molecule has 2 rings (SSSR count). The Morgan fingerprint density at radius 3 is 1.33 bits per heavy atom. The van der Waals surface area contributed by atoms with Gasteiger partial charge in [-0.15, -0.1) is 10.1 Å². The maximum absolute atomic E-state index is 12.4. The van der Waals surface area contributed by atoms with Gasteiger partial charge in [0.15, 0.2) is 11.9 Å². The summed E-state index contributed by atoms with van der Waals surface area (Å²) in [4.78, 5) is 29.7. The minimum Gasteiger partial charge on any atom is -0.370 e. The van der Waals surface area contributed by atoms with Crippen LogP contribution in [0.4, 0.5) is 16.2 Å². The zero-order valence-electron chi connectivity index (χ0n) is 15.6. The number of hydroxylamine groups is 2. The first-order chi connectivity index (χ1) is 14.3. The Kier molecular flexibility index (Phi) is 7.11. The number of rotatable bonds is 2. The predicted molar refractivity (Wildman–Crippen MR) is 112 cm³/mol. The fourth-order valence-electron chi connectivity index (χ4n) is 2.06. The molecule has 0 amide bonds. The summed E-state index contributed by atoms with van der Waals surface area (Å²) in [5.41, 5.74) is 21.7. The van der Waals surface area contributed by atoms with E-state index < -0.39 is 30.0 Å². The lowest BCUT2D eigenvalue weighted by molar-refractivity contribution is 0.0591. The van der Waals surface area contributed by atoms with Crippen molar-refractivity contribution in [1.29, 1.82) is 10.8 Å². The fraction of sp³-hybridized carbons (Fsp3) is 0. The van der Waals surface area contributed by atoms with E-state index in [4.69, 9.17) is 43.4 Å². The van der Waals surface area contributed by atoms with Gasteiger partial charge in [-0.05, 0) is 24.3 Å². The van der Waals surface area contributed by atoms with Crippen molar-refractivity contribution >= 4 is 41.4 Å². The number of hydrogen-bond acceptors (Lipinski definition) is 5. The fourth-order valence-corrected chi connectivity index (χ4v) is 2.06. The summed E-state index contributed by atoms with van der Waals surface area (Å²) in [6, 6.07) is 16.2. The second-order valence-corrected chi connectivity index (χ2v) is 5.41. The van der Waals surface area contributed by atoms with E-state index in [0.29, 0.717) is 0 Å². The van der Waals surface area contributed by atoms with Crippen LogP contribution in [0.3, 0.4) is 0 Å². The molecule has 0 aromatic heterocycles. The highest BCUT2D eigenvalue weighted by Crippen LogP contribution is 2.18. The third-order valence-corrected chi connectivity index (χ3v) is 3.17. The van der Waals surface area contributed by atoms with Gasteiger partial charge in [0.1, 0.15) is 0 Å². The van der Waals surface area contributed by atoms with Gasteiger partial charge in [0.2, 0.25) is 0 Å². The number of aliphatic imine (C=N–C) groups is 2. The minimum atomic E-state index is -1.33. The van der Waals surface area contributed by atoms with Gasteiger partial charge < -0.3 is 22.9 Å². The average Bonchev–Trinajstić information content (AvgIpc) is 2.70. The Bertz CT molecular complexity index is 877. The Hall–Kier alpha value is -4.81. The summed E-state index contributed by atoms with van der Waals surface area (Å²) in [7, 11) is 0. The van der Waals surface area contributed by atoms with Crippen LogP contribution < -0.4 is 33.1 Å². The van der Waals surface area contributed by atoms with Crippen molar-refractivity contribution in [3.63, 3.8) is 0 Å². The van der Waals surface area contributed by atoms with E-state index in [1.165, 1.54) is 0 Å². The maximum atomic E-state index is 12.4. The molecule has 0 saturated carbocycles. The maximum Gasteiger partial charge on any atom is 0.559 e. The molecule has 0 spiro atoms. The molecule has 0 aliphatic rings. The quantitative estimate of drug-likeness (QED) is 0.228. The zero-order valence-corrected chi connectivity index (χ0v) is 15.6. The Morgan fingerprint density at radius 1 is 0.700 bits per heavy atom. The Morgan fingerprint density at radius 2 is 1.03 bits per heavy atom. The van der Waals surface area contributed by atoms with E-state index in [1.807, 2.05) is 0 Å². The van der Waals surface area contributed by atoms with E-state index in [2.05, 4.69) is 9.98 Å². The Balaban J connectivity index is 2.28. The van der Waals surface area contributed by atoms with Crippen LogP contribution in [0.2, 0.25) is 0 Å². The van der Waals surface area contributed by atoms with Crippen molar-refractivity contribution < 1.29 is 14.5 Å². The van der Waals surface area contributed by atoms with E-state index in [1.54, 1.807) is 60.7 Å². The van der Waals surface area contributed by atoms with E-state index in [-0.39, 0.29) is 11.4 Å². The summed E-state index contributed by atoms with van der Waals surface area (Å²) in [5.74, 6) is -2.02. The Labute approximate surface area is 171 Å². The summed E-state index contributed by atoms with van der Waals surface area (Å²) in [6.45, 7) is 0. The van der Waals surface area contributed by atoms with Crippen molar-refractivity contribution in [2.24, 2.45) is 32.9 Å². The van der Waals surface area contributed by atoms with Crippen LogP contribution >= 0.6 is 0 Å². The van der Waals surface area contributed by atoms with Crippen molar-refractivity contribution in [2.75, 3.05) is 10.1 Å². The number of nitrogens with zero attached hydrogens (tertiary/aromatic N) is 4. The molecule has 10 N–H and O–H groups in total. The molecule has 13 nitrogen and oxygen atoms in total. The molecular weight excluding hydrogens is 392 g/mol. The molecule has 0 bridgehead atoms. The molecule has 0 aliphatic carbocycles. The highest BCUT2D eigenvalue weighted by atomic mass is 16.9. The largest absolute Gasteiger partial charge is 0.559 e. The number of nitrogens with two attached hydrogens (primary N) is 4. The van der Waals surface area contributed by atoms with Crippen LogP contribution in [0.15, 0.2) is 70.6 Å². The SMILES string of the molecule is N=C(N=C(N)N)N(OC(=O)ON(C(=N)N=C(N)N)c1ccccc1)c1ccccc1. The number of nitrogens with one attached hydrogen (secondary N) is 2. The minimum absolute atomic E-state index is 0.259. The first-order valence-corrected chi connectivity index (χ1v) is 8.24. The molecule has 2 aromatic carbocycles. The molecule has 0 atom stereocenters. The lowest BCUT2D eigenvalue weighted by atomic mass is 10.3. The van der Waals surface area contributed by atoms with Gasteiger partial charge in [-0.2, -0.15) is 14.8 Å². The van der Waals surface area contributed by atoms with Crippen LogP contribution in [0.25, 0.3) is 0 Å². The topological polar surface area (TPSA) is 219 Å². The number of hydrogen-bond donors (Lipinski definition) is 6. The lowest BCUT2D eigenvalue weighted by Gasteiger charge is -2.24. The van der Waals surface area contributed by atoms with Crippen LogP contribution in [0, 0.1) is 10.8 Å². The first-order valence-electron chi connectivity index (χ1n) is 8.24. The molecule has 156 valence electrons. The predicted octanol–water partition coefficient (Wildman–Crippen LogP) is 0.399. The molecular formula is C17H20N10O3. The number of anilines is 2. The van der Waals surface area contributed by atoms with Crippen LogP contribution in [0.5, 0.6) is 0 Å². The van der Waals surface area contributed by atoms with Gasteiger partial charge in [-0.25, -0.2) is 0 Å². The number of carbonyl (C=O) groups excluding carboxylic acids is 1. The van der Waals surface area contributed by atoms with Gasteiger partial charge in [0.25, 0.3) is 11.9 Å². The van der Waals surface area contributed by atoms with Gasteiger partial charge in [0, 0.05) is 0 Å². The van der Waals surface area contributed by atoms with E-state index in [9.17, 15) is 4.79 Å². The third-order valence-electron chi connectivity index (χ3n) is 3.17. The van der Waals surface area contributed by atoms with Crippen LogP contribution in [0.1, 0.15) is 0 Å². The third kappa shape index (κ3) is 6.12. The monoisotopic (exact) mass is 412 g/mol. The van der Waals surface area contributed by atoms with Crippen molar-refractivity contribution in [1.82, 2.24) is 0 Å².